The van der Waals surface area contributed by atoms with Gasteiger partial charge in [-0.2, -0.15) is 0 Å². The van der Waals surface area contributed by atoms with Gasteiger partial charge in [0.15, 0.2) is 0 Å². The van der Waals surface area contributed by atoms with E-state index in [-0.39, 0.29) is 10.8 Å². The molecule has 4 rings (SSSR count). The van der Waals surface area contributed by atoms with E-state index in [2.05, 4.69) is 10.3 Å². The summed E-state index contributed by atoms with van der Waals surface area (Å²) in [7, 11) is -0.900. The first-order chi connectivity index (χ1) is 15.4. The summed E-state index contributed by atoms with van der Waals surface area (Å²) in [4.78, 5) is 17.1. The molecule has 0 radical (unpaired) electrons. The van der Waals surface area contributed by atoms with Crippen LogP contribution in [0.5, 0.6) is 5.75 Å². The molecule has 0 fully saturated rings. The van der Waals surface area contributed by atoms with Crippen molar-refractivity contribution in [2.24, 2.45) is 0 Å². The zero-order chi connectivity index (χ0) is 22.7. The van der Waals surface area contributed by atoms with Crippen LogP contribution in [0.1, 0.15) is 10.4 Å². The van der Waals surface area contributed by atoms with Crippen LogP contribution in [0, 0.1) is 0 Å². The molecule has 1 N–H and O–H groups in total. The van der Waals surface area contributed by atoms with Crippen LogP contribution in [-0.2, 0) is 10.0 Å². The maximum atomic E-state index is 13.1. The highest BCUT2D eigenvalue weighted by molar-refractivity contribution is 7.92. The van der Waals surface area contributed by atoms with Crippen LogP contribution in [-0.4, -0.2) is 33.5 Å². The predicted molar refractivity (Wildman–Crippen MR) is 125 cm³/mol. The van der Waals surface area contributed by atoms with Gasteiger partial charge in [-0.25, -0.2) is 13.4 Å². The molecule has 0 unspecified atom stereocenters. The lowest BCUT2D eigenvalue weighted by molar-refractivity contribution is 0.102. The average molecular weight is 448 g/mol. The van der Waals surface area contributed by atoms with Gasteiger partial charge in [-0.05, 0) is 54.6 Å². The van der Waals surface area contributed by atoms with Crippen LogP contribution in [0.25, 0.3) is 10.9 Å². The average Bonchev–Trinajstić information content (AvgIpc) is 2.83. The van der Waals surface area contributed by atoms with E-state index in [9.17, 15) is 13.2 Å². The number of para-hydroxylation sites is 3. The Balaban J connectivity index is 1.54. The third kappa shape index (κ3) is 4.13. The Morgan fingerprint density at radius 3 is 2.34 bits per heavy atom. The summed E-state index contributed by atoms with van der Waals surface area (Å²) in [5.41, 5.74) is 1.50. The zero-order valence-electron chi connectivity index (χ0n) is 17.5. The quantitative estimate of drug-likeness (QED) is 0.476. The number of hydrogen-bond donors (Lipinski definition) is 1. The summed E-state index contributed by atoms with van der Waals surface area (Å²) in [5, 5.41) is 3.72. The molecule has 7 nitrogen and oxygen atoms in total. The van der Waals surface area contributed by atoms with Gasteiger partial charge < -0.3 is 10.1 Å². The molecule has 0 aliphatic carbocycles. The molecule has 1 heterocycles. The van der Waals surface area contributed by atoms with E-state index in [4.69, 9.17) is 4.74 Å². The number of fused-ring (bicyclic) bond motifs is 1. The lowest BCUT2D eigenvalue weighted by Gasteiger charge is -2.21. The van der Waals surface area contributed by atoms with Gasteiger partial charge in [0.1, 0.15) is 11.6 Å². The second-order valence-corrected chi connectivity index (χ2v) is 8.98. The molecule has 0 saturated heterocycles. The molecule has 32 heavy (non-hydrogen) atoms. The van der Waals surface area contributed by atoms with Crippen LogP contribution in [0.15, 0.2) is 89.8 Å². The summed E-state index contributed by atoms with van der Waals surface area (Å²) >= 11 is 0. The molecule has 1 amide bonds. The van der Waals surface area contributed by atoms with Crippen LogP contribution in [0.2, 0.25) is 0 Å². The number of methoxy groups -OCH3 is 1. The van der Waals surface area contributed by atoms with Crippen LogP contribution in [0.3, 0.4) is 0 Å². The zero-order valence-corrected chi connectivity index (χ0v) is 18.3. The van der Waals surface area contributed by atoms with Gasteiger partial charge in [-0.3, -0.25) is 9.10 Å². The van der Waals surface area contributed by atoms with Crippen LogP contribution >= 0.6 is 0 Å². The molecular formula is C24H21N3O4S. The summed E-state index contributed by atoms with van der Waals surface area (Å²) in [6.45, 7) is 0. The Morgan fingerprint density at radius 1 is 0.906 bits per heavy atom. The van der Waals surface area contributed by atoms with Gasteiger partial charge in [-0.1, -0.05) is 30.3 Å². The molecule has 4 aromatic rings. The fourth-order valence-corrected chi connectivity index (χ4v) is 4.49. The van der Waals surface area contributed by atoms with E-state index < -0.39 is 10.0 Å². The normalized spacial score (nSPS) is 11.2. The van der Waals surface area contributed by atoms with Gasteiger partial charge in [-0.15, -0.1) is 0 Å². The second kappa shape index (κ2) is 8.68. The number of rotatable bonds is 6. The van der Waals surface area contributed by atoms with E-state index >= 15 is 0 Å². The van der Waals surface area contributed by atoms with Crippen LogP contribution < -0.4 is 14.4 Å². The SMILES string of the molecule is COc1ccccc1N(C)S(=O)(=O)c1ccc(C(=O)Nc2ccc3ccccc3n2)cc1. The van der Waals surface area contributed by atoms with E-state index in [1.54, 1.807) is 30.3 Å². The van der Waals surface area contributed by atoms with E-state index in [0.29, 0.717) is 22.8 Å². The van der Waals surface area contributed by atoms with Crippen molar-refractivity contribution >= 4 is 38.3 Å². The second-order valence-electron chi connectivity index (χ2n) is 7.01. The Morgan fingerprint density at radius 2 is 1.59 bits per heavy atom. The number of carbonyl (C=O) groups is 1. The number of ether oxygens (including phenoxy) is 1. The number of aromatic nitrogens is 1. The van der Waals surface area contributed by atoms with Crippen molar-refractivity contribution < 1.29 is 17.9 Å². The first-order valence-electron chi connectivity index (χ1n) is 9.79. The molecule has 0 aliphatic rings. The van der Waals surface area contributed by atoms with Crippen molar-refractivity contribution in [3.8, 4) is 5.75 Å². The summed E-state index contributed by atoms with van der Waals surface area (Å²) in [6, 6.07) is 23.8. The minimum Gasteiger partial charge on any atom is -0.495 e. The Kier molecular flexibility index (Phi) is 5.79. The number of anilines is 2. The Bertz CT molecular complexity index is 1390. The van der Waals surface area contributed by atoms with Crippen LogP contribution in [0.4, 0.5) is 11.5 Å². The lowest BCUT2D eigenvalue weighted by Crippen LogP contribution is -2.27. The fraction of sp³-hybridized carbons (Fsp3) is 0.0833. The number of hydrogen-bond acceptors (Lipinski definition) is 5. The Hall–Kier alpha value is -3.91. The van der Waals surface area contributed by atoms with Gasteiger partial charge in [0.05, 0.1) is 23.2 Å². The molecule has 0 atom stereocenters. The van der Waals surface area contributed by atoms with Crippen molar-refractivity contribution in [2.75, 3.05) is 23.8 Å². The topological polar surface area (TPSA) is 88.6 Å². The third-order valence-corrected chi connectivity index (χ3v) is 6.82. The van der Waals surface area contributed by atoms with Crippen molar-refractivity contribution in [3.05, 3.63) is 90.5 Å². The molecule has 0 aliphatic heterocycles. The standard InChI is InChI=1S/C24H21N3O4S/c1-27(21-9-5-6-10-22(21)31-2)32(29,30)19-14-11-18(12-15-19)24(28)26-23-16-13-17-7-3-4-8-20(17)25-23/h3-16H,1-2H3,(H,25,26,28). The molecule has 8 heteroatoms. The minimum atomic E-state index is -3.84. The number of sulfonamides is 1. The number of nitrogens with one attached hydrogen (secondary N) is 1. The van der Waals surface area contributed by atoms with E-state index in [1.807, 2.05) is 30.3 Å². The summed E-state index contributed by atoms with van der Waals surface area (Å²) < 4.78 is 32.5. The molecule has 0 spiro atoms. The van der Waals surface area contributed by atoms with E-state index in [0.717, 1.165) is 15.2 Å². The molecule has 162 valence electrons. The summed E-state index contributed by atoms with van der Waals surface area (Å²) in [6.07, 6.45) is 0. The highest BCUT2D eigenvalue weighted by Crippen LogP contribution is 2.30. The predicted octanol–water partition coefficient (Wildman–Crippen LogP) is 4.32. The van der Waals surface area contributed by atoms with Gasteiger partial charge in [0.2, 0.25) is 0 Å². The molecule has 0 bridgehead atoms. The van der Waals surface area contributed by atoms with Crippen molar-refractivity contribution in [2.45, 2.75) is 4.90 Å². The molecule has 1 aromatic heterocycles. The largest absolute Gasteiger partial charge is 0.495 e. The monoisotopic (exact) mass is 447 g/mol. The van der Waals surface area contributed by atoms with Crippen molar-refractivity contribution in [3.63, 3.8) is 0 Å². The first-order valence-corrected chi connectivity index (χ1v) is 11.2. The molecular weight excluding hydrogens is 426 g/mol. The van der Waals surface area contributed by atoms with Crippen molar-refractivity contribution in [1.29, 1.82) is 0 Å². The molecule has 3 aromatic carbocycles. The van der Waals surface area contributed by atoms with Gasteiger partial charge in [0.25, 0.3) is 15.9 Å². The number of pyridine rings is 1. The van der Waals surface area contributed by atoms with E-state index in [1.165, 1.54) is 38.4 Å². The number of nitrogens with zero attached hydrogens (tertiary/aromatic N) is 2. The maximum absolute atomic E-state index is 13.1. The highest BCUT2D eigenvalue weighted by Gasteiger charge is 2.24. The minimum absolute atomic E-state index is 0.0614. The third-order valence-electron chi connectivity index (χ3n) is 5.04. The Labute approximate surface area is 186 Å². The summed E-state index contributed by atoms with van der Waals surface area (Å²) in [5.74, 6) is 0.480. The van der Waals surface area contributed by atoms with Gasteiger partial charge in [0, 0.05) is 18.0 Å². The number of carbonyl (C=O) groups excluding carboxylic acids is 1. The fourth-order valence-electron chi connectivity index (χ4n) is 3.28. The first kappa shape index (κ1) is 21.3. The maximum Gasteiger partial charge on any atom is 0.264 e. The number of benzene rings is 3. The molecule has 0 saturated carbocycles. The highest BCUT2D eigenvalue weighted by atomic mass is 32.2. The van der Waals surface area contributed by atoms with Crippen molar-refractivity contribution in [1.82, 2.24) is 4.98 Å². The number of amides is 1. The smallest absolute Gasteiger partial charge is 0.264 e. The lowest BCUT2D eigenvalue weighted by atomic mass is 10.2. The van der Waals surface area contributed by atoms with Gasteiger partial charge >= 0.3 is 0 Å².